The van der Waals surface area contributed by atoms with E-state index in [9.17, 15) is 14.4 Å². The van der Waals surface area contributed by atoms with Crippen LogP contribution in [0.15, 0.2) is 130 Å². The highest BCUT2D eigenvalue weighted by Gasteiger charge is 2.40. The van der Waals surface area contributed by atoms with E-state index in [4.69, 9.17) is 9.47 Å². The number of hydrogen-bond donors (Lipinski definition) is 0. The van der Waals surface area contributed by atoms with E-state index in [2.05, 4.69) is 97.1 Å². The second kappa shape index (κ2) is 19.0. The van der Waals surface area contributed by atoms with Crippen LogP contribution in [0.5, 0.6) is 0 Å². The third kappa shape index (κ3) is 12.2. The van der Waals surface area contributed by atoms with Gasteiger partial charge in [0.1, 0.15) is 0 Å². The van der Waals surface area contributed by atoms with Crippen molar-refractivity contribution >= 4 is 17.7 Å². The van der Waals surface area contributed by atoms with Crippen molar-refractivity contribution in [1.29, 1.82) is 0 Å². The number of carbonyl (C=O) groups is 3. The van der Waals surface area contributed by atoms with Crippen molar-refractivity contribution in [2.24, 2.45) is 16.7 Å². The zero-order valence-electron chi connectivity index (χ0n) is 33.5. The molecule has 52 heavy (non-hydrogen) atoms. The number of carbonyl (C=O) groups excluding carboxylic acids is 3. The minimum absolute atomic E-state index is 0.00451. The Labute approximate surface area is 313 Å². The third-order valence-electron chi connectivity index (χ3n) is 10.1. The summed E-state index contributed by atoms with van der Waals surface area (Å²) in [5.74, 6) is 0.221. The first-order valence-corrected chi connectivity index (χ1v) is 18.6. The summed E-state index contributed by atoms with van der Waals surface area (Å²) in [4.78, 5) is 40.0. The van der Waals surface area contributed by atoms with Crippen molar-refractivity contribution in [3.63, 3.8) is 0 Å². The molecule has 1 heterocycles. The maximum Gasteiger partial charge on any atom is 0.410 e. The fraction of sp³-hybridized carbons (Fsp3) is 0.457. The van der Waals surface area contributed by atoms with Crippen LogP contribution in [-0.2, 0) is 19.1 Å². The summed E-state index contributed by atoms with van der Waals surface area (Å²) in [6.45, 7) is 24.6. The van der Waals surface area contributed by atoms with Gasteiger partial charge >= 0.3 is 6.09 Å². The van der Waals surface area contributed by atoms with E-state index in [1.54, 1.807) is 4.90 Å². The van der Waals surface area contributed by atoms with E-state index in [1.807, 2.05) is 64.2 Å². The molecular weight excluding hydrogens is 647 g/mol. The number of Topliss-reactive ketones (excluding diaryl/α,β-unsaturated/α-hetero) is 2. The molecule has 1 fully saturated rings. The van der Waals surface area contributed by atoms with Crippen LogP contribution < -0.4 is 0 Å². The molecule has 0 saturated carbocycles. The lowest BCUT2D eigenvalue weighted by atomic mass is 9.68. The average Bonchev–Trinajstić information content (AvgIpc) is 3.07. The molecular formula is C46H61NO5. The van der Waals surface area contributed by atoms with Crippen molar-refractivity contribution in [3.05, 3.63) is 130 Å². The molecule has 0 aromatic rings. The molecule has 0 aromatic carbocycles. The summed E-state index contributed by atoms with van der Waals surface area (Å²) in [7, 11) is 0. The van der Waals surface area contributed by atoms with Gasteiger partial charge in [0.05, 0.1) is 13.2 Å². The standard InChI is InChI=1S/C46H61NO5/c1-32(18-14-20-34(3)22-24-39-37(6)42(48)36(5)30-45(39,8)9)16-12-13-17-33(2)19-15-21-35(4)23-25-40-38(7)43(49)41(31-46(40,10)11)52-44(50)47-26-28-51-29-27-47/h12-25,36,41H,26-31H2,1-11H3/b13-12+,18-14+,19-15+,24-22+,25-23+,32-16+,33-17+,34-20+,35-21+. The number of hydrogen-bond acceptors (Lipinski definition) is 5. The van der Waals surface area contributed by atoms with Gasteiger partial charge in [0.2, 0.25) is 0 Å². The second-order valence-corrected chi connectivity index (χ2v) is 15.8. The fourth-order valence-corrected chi connectivity index (χ4v) is 7.03. The molecule has 2 atom stereocenters. The zero-order valence-corrected chi connectivity index (χ0v) is 33.5. The number of ketones is 2. The van der Waals surface area contributed by atoms with E-state index < -0.39 is 12.2 Å². The molecule has 2 aliphatic carbocycles. The van der Waals surface area contributed by atoms with E-state index in [1.165, 1.54) is 0 Å². The van der Waals surface area contributed by atoms with Crippen LogP contribution in [0.1, 0.15) is 89.0 Å². The second-order valence-electron chi connectivity index (χ2n) is 15.8. The molecule has 0 aromatic heterocycles. The summed E-state index contributed by atoms with van der Waals surface area (Å²) in [5.41, 5.74) is 7.76. The fourth-order valence-electron chi connectivity index (χ4n) is 7.03. The number of nitrogens with zero attached hydrogens (tertiary/aromatic N) is 1. The van der Waals surface area contributed by atoms with Gasteiger partial charge in [-0.2, -0.15) is 0 Å². The van der Waals surface area contributed by atoms with E-state index >= 15 is 0 Å². The Hall–Kier alpha value is -4.29. The van der Waals surface area contributed by atoms with Gasteiger partial charge in [0, 0.05) is 25.4 Å². The van der Waals surface area contributed by atoms with Crippen molar-refractivity contribution in [3.8, 4) is 0 Å². The van der Waals surface area contributed by atoms with Gasteiger partial charge in [0.15, 0.2) is 17.7 Å². The van der Waals surface area contributed by atoms with Crippen LogP contribution in [0.3, 0.4) is 0 Å². The van der Waals surface area contributed by atoms with Gasteiger partial charge in [-0.05, 0) is 81.1 Å². The van der Waals surface area contributed by atoms with Crippen LogP contribution in [0.4, 0.5) is 4.79 Å². The maximum absolute atomic E-state index is 13.2. The number of allylic oxidation sites excluding steroid dienone is 21. The Morgan fingerprint density at radius 1 is 0.673 bits per heavy atom. The molecule has 6 heteroatoms. The molecule has 1 aliphatic heterocycles. The summed E-state index contributed by atoms with van der Waals surface area (Å²) in [6, 6.07) is 0. The molecule has 280 valence electrons. The molecule has 0 N–H and O–H groups in total. The van der Waals surface area contributed by atoms with Crippen molar-refractivity contribution in [1.82, 2.24) is 4.90 Å². The summed E-state index contributed by atoms with van der Waals surface area (Å²) in [5, 5.41) is 0. The predicted molar refractivity (Wildman–Crippen MR) is 215 cm³/mol. The van der Waals surface area contributed by atoms with Crippen LogP contribution in [0.2, 0.25) is 0 Å². The maximum atomic E-state index is 13.2. The number of amides is 1. The predicted octanol–water partition coefficient (Wildman–Crippen LogP) is 10.7. The summed E-state index contributed by atoms with van der Waals surface area (Å²) >= 11 is 0. The van der Waals surface area contributed by atoms with Crippen molar-refractivity contribution in [2.75, 3.05) is 26.3 Å². The first kappa shape index (κ1) is 42.1. The van der Waals surface area contributed by atoms with E-state index in [0.29, 0.717) is 38.3 Å². The van der Waals surface area contributed by atoms with Crippen LogP contribution in [0.25, 0.3) is 0 Å². The number of morpholine rings is 1. The first-order chi connectivity index (χ1) is 24.4. The van der Waals surface area contributed by atoms with Crippen LogP contribution >= 0.6 is 0 Å². The Kier molecular flexibility index (Phi) is 15.4. The molecule has 0 spiro atoms. The Bertz CT molecular complexity index is 1700. The topological polar surface area (TPSA) is 72.9 Å². The smallest absolute Gasteiger partial charge is 0.410 e. The minimum Gasteiger partial charge on any atom is -0.438 e. The SMILES string of the molecule is CC1=C(/C=C/C(C)=C/C=C/C(C)=C/C=C/C=C(C)/C=C/C=C(C)/C=C/C2=C(C)C(=O)C(OC(=O)N3CCOCC3)CC2(C)C)C(C)(C)CC(C)C1=O. The third-order valence-corrected chi connectivity index (χ3v) is 10.1. The molecule has 3 rings (SSSR count). The molecule has 1 saturated heterocycles. The lowest BCUT2D eigenvalue weighted by molar-refractivity contribution is -0.126. The molecule has 1 amide bonds. The number of rotatable bonds is 11. The average molecular weight is 708 g/mol. The van der Waals surface area contributed by atoms with Crippen LogP contribution in [-0.4, -0.2) is 55.0 Å². The Morgan fingerprint density at radius 2 is 1.10 bits per heavy atom. The molecule has 0 radical (unpaired) electrons. The lowest BCUT2D eigenvalue weighted by Gasteiger charge is -2.37. The zero-order chi connectivity index (χ0) is 38.6. The number of ether oxygens (including phenoxy) is 2. The summed E-state index contributed by atoms with van der Waals surface area (Å²) < 4.78 is 11.0. The van der Waals surface area contributed by atoms with Crippen molar-refractivity contribution < 1.29 is 23.9 Å². The highest BCUT2D eigenvalue weighted by atomic mass is 16.6. The van der Waals surface area contributed by atoms with Gasteiger partial charge < -0.3 is 14.4 Å². The lowest BCUT2D eigenvalue weighted by Crippen LogP contribution is -2.45. The van der Waals surface area contributed by atoms with Crippen molar-refractivity contribution in [2.45, 2.75) is 95.1 Å². The first-order valence-electron chi connectivity index (χ1n) is 18.6. The highest BCUT2D eigenvalue weighted by Crippen LogP contribution is 2.42. The quantitative estimate of drug-likeness (QED) is 0.200. The van der Waals surface area contributed by atoms with Gasteiger partial charge in [-0.3, -0.25) is 9.59 Å². The minimum atomic E-state index is -0.776. The van der Waals surface area contributed by atoms with Gasteiger partial charge in [0.25, 0.3) is 0 Å². The van der Waals surface area contributed by atoms with Gasteiger partial charge in [-0.15, -0.1) is 0 Å². The van der Waals surface area contributed by atoms with Crippen LogP contribution in [0, 0.1) is 16.7 Å². The Morgan fingerprint density at radius 3 is 1.60 bits per heavy atom. The highest BCUT2D eigenvalue weighted by molar-refractivity contribution is 6.01. The molecule has 0 bridgehead atoms. The largest absolute Gasteiger partial charge is 0.438 e. The van der Waals surface area contributed by atoms with E-state index in [0.717, 1.165) is 45.4 Å². The van der Waals surface area contributed by atoms with Gasteiger partial charge in [-0.1, -0.05) is 142 Å². The van der Waals surface area contributed by atoms with E-state index in [-0.39, 0.29) is 28.3 Å². The summed E-state index contributed by atoms with van der Waals surface area (Å²) in [6.07, 6.45) is 29.0. The molecule has 6 nitrogen and oxygen atoms in total. The Balaban J connectivity index is 1.53. The van der Waals surface area contributed by atoms with Gasteiger partial charge in [-0.25, -0.2) is 4.79 Å². The molecule has 3 aliphatic rings. The molecule has 2 unspecified atom stereocenters. The normalized spacial score (nSPS) is 24.2. The monoisotopic (exact) mass is 707 g/mol.